The number of carbonyl (C=O) groups excluding carboxylic acids is 1. The van der Waals surface area contributed by atoms with Crippen LogP contribution in [0.25, 0.3) is 21.3 Å². The van der Waals surface area contributed by atoms with Gasteiger partial charge in [-0.25, -0.2) is 9.37 Å². The van der Waals surface area contributed by atoms with Crippen LogP contribution in [-0.2, 0) is 17.9 Å². The molecule has 142 valence electrons. The van der Waals surface area contributed by atoms with Crippen molar-refractivity contribution in [2.24, 2.45) is 0 Å². The number of rotatable bonds is 6. The first-order valence-corrected chi connectivity index (χ1v) is 10.2. The molecule has 0 aliphatic carbocycles. The van der Waals surface area contributed by atoms with E-state index < -0.39 is 0 Å². The van der Waals surface area contributed by atoms with Crippen LogP contribution in [0.5, 0.6) is 0 Å². The molecule has 0 fully saturated rings. The van der Waals surface area contributed by atoms with E-state index in [0.717, 1.165) is 21.0 Å². The van der Waals surface area contributed by atoms with Crippen LogP contribution in [0.2, 0.25) is 0 Å². The van der Waals surface area contributed by atoms with E-state index in [1.54, 1.807) is 24.5 Å². The van der Waals surface area contributed by atoms with Crippen LogP contribution < -0.4 is 5.32 Å². The molecule has 3 aromatic heterocycles. The van der Waals surface area contributed by atoms with Crippen molar-refractivity contribution >= 4 is 38.7 Å². The molecular formula is C20H16FN3O2S2. The maximum absolute atomic E-state index is 14.3. The third-order valence-corrected chi connectivity index (χ3v) is 6.23. The topological polar surface area (TPSA) is 64.1 Å². The smallest absolute Gasteiger partial charge is 0.262 e. The standard InChI is InChI=1S/C20H16FN3O2S2/c1-26-10-13-18-14(21)3-2-4-16(18)28-19(13)20(25)23-9-17-24-15(11-27-17)12-5-7-22-8-6-12/h2-8,11H,9-10H2,1H3,(H,23,25). The molecule has 5 nitrogen and oxygen atoms in total. The number of ether oxygens (including phenoxy) is 1. The molecule has 1 aromatic carbocycles. The van der Waals surface area contributed by atoms with Crippen LogP contribution in [0.15, 0.2) is 48.1 Å². The summed E-state index contributed by atoms with van der Waals surface area (Å²) in [7, 11) is 1.53. The van der Waals surface area contributed by atoms with E-state index in [4.69, 9.17) is 4.74 Å². The van der Waals surface area contributed by atoms with Crippen molar-refractivity contribution in [3.8, 4) is 11.3 Å². The van der Waals surface area contributed by atoms with Gasteiger partial charge in [-0.1, -0.05) is 6.07 Å². The van der Waals surface area contributed by atoms with Gasteiger partial charge in [0.05, 0.1) is 23.7 Å². The Morgan fingerprint density at radius 2 is 2.07 bits per heavy atom. The molecule has 0 spiro atoms. The van der Waals surface area contributed by atoms with E-state index in [1.807, 2.05) is 17.5 Å². The highest BCUT2D eigenvalue weighted by Crippen LogP contribution is 2.33. The minimum absolute atomic E-state index is 0.174. The first-order valence-electron chi connectivity index (χ1n) is 8.49. The SMILES string of the molecule is COCc1c(C(=O)NCc2nc(-c3ccncc3)cs2)sc2cccc(F)c12. The minimum atomic E-state index is -0.346. The molecule has 28 heavy (non-hydrogen) atoms. The highest BCUT2D eigenvalue weighted by atomic mass is 32.1. The summed E-state index contributed by atoms with van der Waals surface area (Å²) < 4.78 is 20.2. The maximum atomic E-state index is 14.3. The summed E-state index contributed by atoms with van der Waals surface area (Å²) in [4.78, 5) is 21.8. The molecule has 0 saturated heterocycles. The molecule has 0 radical (unpaired) electrons. The van der Waals surface area contributed by atoms with Crippen LogP contribution in [0.3, 0.4) is 0 Å². The van der Waals surface area contributed by atoms with E-state index in [0.29, 0.717) is 22.4 Å². The van der Waals surface area contributed by atoms with Gasteiger partial charge in [0, 0.05) is 46.1 Å². The molecular weight excluding hydrogens is 397 g/mol. The van der Waals surface area contributed by atoms with Gasteiger partial charge in [0.1, 0.15) is 10.8 Å². The lowest BCUT2D eigenvalue weighted by Gasteiger charge is -2.05. The van der Waals surface area contributed by atoms with Gasteiger partial charge in [0.15, 0.2) is 0 Å². The average Bonchev–Trinajstić information content (AvgIpc) is 3.33. The van der Waals surface area contributed by atoms with Gasteiger partial charge >= 0.3 is 0 Å². The monoisotopic (exact) mass is 413 g/mol. The molecule has 3 heterocycles. The highest BCUT2D eigenvalue weighted by Gasteiger charge is 2.20. The predicted octanol–water partition coefficient (Wildman–Crippen LogP) is 4.64. The van der Waals surface area contributed by atoms with Crippen molar-refractivity contribution in [2.75, 3.05) is 7.11 Å². The predicted molar refractivity (Wildman–Crippen MR) is 109 cm³/mol. The average molecular weight is 413 g/mol. The number of nitrogens with zero attached hydrogens (tertiary/aromatic N) is 2. The number of carbonyl (C=O) groups is 1. The van der Waals surface area contributed by atoms with Gasteiger partial charge in [-0.05, 0) is 24.3 Å². The second kappa shape index (κ2) is 8.14. The van der Waals surface area contributed by atoms with E-state index >= 15 is 0 Å². The minimum Gasteiger partial charge on any atom is -0.380 e. The number of hydrogen-bond acceptors (Lipinski definition) is 6. The highest BCUT2D eigenvalue weighted by molar-refractivity contribution is 7.21. The van der Waals surface area contributed by atoms with Gasteiger partial charge in [0.2, 0.25) is 0 Å². The molecule has 0 aliphatic heterocycles. The Morgan fingerprint density at radius 3 is 2.86 bits per heavy atom. The summed E-state index contributed by atoms with van der Waals surface area (Å²) in [5, 5.41) is 6.08. The van der Waals surface area contributed by atoms with Crippen molar-refractivity contribution in [1.82, 2.24) is 15.3 Å². The Balaban J connectivity index is 1.54. The number of thiazole rings is 1. The number of halogens is 1. The van der Waals surface area contributed by atoms with Crippen LogP contribution in [0, 0.1) is 5.82 Å². The lowest BCUT2D eigenvalue weighted by atomic mass is 10.1. The molecule has 0 unspecified atom stereocenters. The summed E-state index contributed by atoms with van der Waals surface area (Å²) >= 11 is 2.74. The van der Waals surface area contributed by atoms with Crippen molar-refractivity contribution in [3.05, 3.63) is 69.4 Å². The van der Waals surface area contributed by atoms with Crippen molar-refractivity contribution in [2.45, 2.75) is 13.2 Å². The van der Waals surface area contributed by atoms with Gasteiger partial charge in [-0.3, -0.25) is 9.78 Å². The summed E-state index contributed by atoms with van der Waals surface area (Å²) in [6.07, 6.45) is 3.43. The van der Waals surface area contributed by atoms with E-state index in [2.05, 4.69) is 15.3 Å². The van der Waals surface area contributed by atoms with Crippen LogP contribution >= 0.6 is 22.7 Å². The number of benzene rings is 1. The fourth-order valence-electron chi connectivity index (χ4n) is 2.92. The number of aromatic nitrogens is 2. The number of amides is 1. The third kappa shape index (κ3) is 3.66. The van der Waals surface area contributed by atoms with Crippen molar-refractivity contribution < 1.29 is 13.9 Å². The maximum Gasteiger partial charge on any atom is 0.262 e. The van der Waals surface area contributed by atoms with Crippen LogP contribution in [0.1, 0.15) is 20.2 Å². The molecule has 0 atom stereocenters. The summed E-state index contributed by atoms with van der Waals surface area (Å²) in [5.41, 5.74) is 2.40. The van der Waals surface area contributed by atoms with Gasteiger partial charge in [-0.15, -0.1) is 22.7 Å². The Bertz CT molecular complexity index is 1130. The molecule has 1 amide bonds. The quantitative estimate of drug-likeness (QED) is 0.500. The van der Waals surface area contributed by atoms with E-state index in [9.17, 15) is 9.18 Å². The molecule has 0 aliphatic rings. The Hall–Kier alpha value is -2.68. The van der Waals surface area contributed by atoms with Crippen molar-refractivity contribution in [3.63, 3.8) is 0 Å². The molecule has 4 aromatic rings. The van der Waals surface area contributed by atoms with Crippen LogP contribution in [0.4, 0.5) is 4.39 Å². The van der Waals surface area contributed by atoms with Gasteiger partial charge in [-0.2, -0.15) is 0 Å². The number of thiophene rings is 1. The zero-order valence-corrected chi connectivity index (χ0v) is 16.6. The number of hydrogen-bond donors (Lipinski definition) is 1. The summed E-state index contributed by atoms with van der Waals surface area (Å²) in [6.45, 7) is 0.477. The number of methoxy groups -OCH3 is 1. The van der Waals surface area contributed by atoms with E-state index in [-0.39, 0.29) is 18.3 Å². The van der Waals surface area contributed by atoms with Crippen molar-refractivity contribution in [1.29, 1.82) is 0 Å². The lowest BCUT2D eigenvalue weighted by molar-refractivity contribution is 0.0950. The molecule has 8 heteroatoms. The second-order valence-electron chi connectivity index (χ2n) is 6.00. The fourth-order valence-corrected chi connectivity index (χ4v) is 4.80. The molecule has 1 N–H and O–H groups in total. The third-order valence-electron chi connectivity index (χ3n) is 4.19. The zero-order chi connectivity index (χ0) is 19.5. The number of nitrogens with one attached hydrogen (secondary N) is 1. The molecule has 0 saturated carbocycles. The molecule has 0 bridgehead atoms. The normalized spacial score (nSPS) is 11.1. The van der Waals surface area contributed by atoms with Gasteiger partial charge in [0.25, 0.3) is 5.91 Å². The Kier molecular flexibility index (Phi) is 5.43. The fraction of sp³-hybridized carbons (Fsp3) is 0.150. The number of fused-ring (bicyclic) bond motifs is 1. The second-order valence-corrected chi connectivity index (χ2v) is 8.00. The largest absolute Gasteiger partial charge is 0.380 e. The first-order chi connectivity index (χ1) is 13.7. The van der Waals surface area contributed by atoms with Gasteiger partial charge < -0.3 is 10.1 Å². The summed E-state index contributed by atoms with van der Waals surface area (Å²) in [6, 6.07) is 8.62. The van der Waals surface area contributed by atoms with Crippen LogP contribution in [-0.4, -0.2) is 23.0 Å². The molecule has 4 rings (SSSR count). The Labute approximate surface area is 168 Å². The first kappa shape index (κ1) is 18.7. The summed E-state index contributed by atoms with van der Waals surface area (Å²) in [5.74, 6) is -0.602. The Morgan fingerprint density at radius 1 is 1.25 bits per heavy atom. The lowest BCUT2D eigenvalue weighted by Crippen LogP contribution is -2.22. The zero-order valence-electron chi connectivity index (χ0n) is 14.9. The van der Waals surface area contributed by atoms with E-state index in [1.165, 1.54) is 35.8 Å². The number of pyridine rings is 1.